The van der Waals surface area contributed by atoms with Crippen molar-refractivity contribution < 1.29 is 9.18 Å². The molecular formula is C19H20FN5O. The van der Waals surface area contributed by atoms with E-state index in [2.05, 4.69) is 20.6 Å². The molecule has 134 valence electrons. The number of nitrogens with two attached hydrogens (primary N) is 1. The van der Waals surface area contributed by atoms with E-state index < -0.39 is 0 Å². The summed E-state index contributed by atoms with van der Waals surface area (Å²) in [6.07, 6.45) is 4.02. The predicted molar refractivity (Wildman–Crippen MR) is 99.3 cm³/mol. The molecule has 3 rings (SSSR count). The molecule has 0 aliphatic heterocycles. The maximum atomic E-state index is 13.5. The van der Waals surface area contributed by atoms with Crippen LogP contribution in [0.3, 0.4) is 0 Å². The van der Waals surface area contributed by atoms with Crippen molar-refractivity contribution in [3.05, 3.63) is 77.4 Å². The second-order valence-electron chi connectivity index (χ2n) is 5.88. The lowest BCUT2D eigenvalue weighted by atomic mass is 10.0. The van der Waals surface area contributed by atoms with Gasteiger partial charge >= 0.3 is 0 Å². The third-order valence-corrected chi connectivity index (χ3v) is 4.08. The SMILES string of the molecule is CNc1ccc(C(=O)NC(Cc2cccc(F)c2)c2cc[nH]c2)c(N)n1. The Bertz CT molecular complexity index is 895. The zero-order valence-corrected chi connectivity index (χ0v) is 14.3. The lowest BCUT2D eigenvalue weighted by molar-refractivity contribution is 0.0937. The number of benzene rings is 1. The molecular weight excluding hydrogens is 333 g/mol. The van der Waals surface area contributed by atoms with Gasteiger partial charge in [-0.15, -0.1) is 0 Å². The molecule has 0 fully saturated rings. The van der Waals surface area contributed by atoms with E-state index in [1.54, 1.807) is 37.6 Å². The number of hydrogen-bond donors (Lipinski definition) is 4. The Kier molecular flexibility index (Phi) is 5.17. The average molecular weight is 353 g/mol. The van der Waals surface area contributed by atoms with Crippen molar-refractivity contribution in [2.45, 2.75) is 12.5 Å². The van der Waals surface area contributed by atoms with Crippen LogP contribution in [0.2, 0.25) is 0 Å². The van der Waals surface area contributed by atoms with Gasteiger partial charge in [0.25, 0.3) is 5.91 Å². The Morgan fingerprint density at radius 2 is 2.15 bits per heavy atom. The van der Waals surface area contributed by atoms with E-state index in [1.807, 2.05) is 12.1 Å². The number of H-pyrrole nitrogens is 1. The van der Waals surface area contributed by atoms with Crippen molar-refractivity contribution in [1.29, 1.82) is 0 Å². The van der Waals surface area contributed by atoms with E-state index in [4.69, 9.17) is 5.73 Å². The zero-order chi connectivity index (χ0) is 18.5. The van der Waals surface area contributed by atoms with E-state index in [9.17, 15) is 9.18 Å². The molecule has 0 aliphatic carbocycles. The smallest absolute Gasteiger partial charge is 0.255 e. The van der Waals surface area contributed by atoms with Gasteiger partial charge in [0, 0.05) is 19.4 Å². The lowest BCUT2D eigenvalue weighted by Gasteiger charge is -2.19. The summed E-state index contributed by atoms with van der Waals surface area (Å²) in [6.45, 7) is 0. The second-order valence-corrected chi connectivity index (χ2v) is 5.88. The van der Waals surface area contributed by atoms with Crippen molar-refractivity contribution in [2.75, 3.05) is 18.1 Å². The molecule has 26 heavy (non-hydrogen) atoms. The number of nitrogens with one attached hydrogen (secondary N) is 3. The molecule has 1 amide bonds. The fraction of sp³-hybridized carbons (Fsp3) is 0.158. The van der Waals surface area contributed by atoms with Crippen molar-refractivity contribution in [3.63, 3.8) is 0 Å². The standard InChI is InChI=1S/C19H20FN5O/c1-22-17-6-5-15(18(21)25-17)19(26)24-16(13-7-8-23-11-13)10-12-3-2-4-14(20)9-12/h2-9,11,16,23H,10H2,1H3,(H,24,26)(H3,21,22,25). The summed E-state index contributed by atoms with van der Waals surface area (Å²) in [5, 5.41) is 5.83. The largest absolute Gasteiger partial charge is 0.383 e. The fourth-order valence-electron chi connectivity index (χ4n) is 2.75. The van der Waals surface area contributed by atoms with Gasteiger partial charge in [0.2, 0.25) is 0 Å². The third kappa shape index (κ3) is 4.00. The highest BCUT2D eigenvalue weighted by Crippen LogP contribution is 2.21. The Morgan fingerprint density at radius 1 is 1.31 bits per heavy atom. The molecule has 3 aromatic rings. The molecule has 0 spiro atoms. The van der Waals surface area contributed by atoms with Crippen LogP contribution in [0, 0.1) is 5.82 Å². The summed E-state index contributed by atoms with van der Waals surface area (Å²) in [4.78, 5) is 19.8. The first-order chi connectivity index (χ1) is 12.6. The van der Waals surface area contributed by atoms with Crippen LogP contribution in [0.1, 0.15) is 27.5 Å². The quantitative estimate of drug-likeness (QED) is 0.548. The van der Waals surface area contributed by atoms with Crippen LogP contribution in [0.25, 0.3) is 0 Å². The number of pyridine rings is 1. The molecule has 0 aliphatic rings. The molecule has 7 heteroatoms. The van der Waals surface area contributed by atoms with Crippen molar-refractivity contribution in [2.24, 2.45) is 0 Å². The Balaban J connectivity index is 1.83. The highest BCUT2D eigenvalue weighted by Gasteiger charge is 2.19. The van der Waals surface area contributed by atoms with E-state index in [0.29, 0.717) is 17.8 Å². The number of nitrogen functional groups attached to an aromatic ring is 1. The zero-order valence-electron chi connectivity index (χ0n) is 14.3. The second kappa shape index (κ2) is 7.69. The molecule has 2 heterocycles. The molecule has 1 atom stereocenters. The number of carbonyl (C=O) groups excluding carboxylic acids is 1. The van der Waals surface area contributed by atoms with Crippen molar-refractivity contribution in [3.8, 4) is 0 Å². The number of amides is 1. The maximum absolute atomic E-state index is 13.5. The molecule has 0 bridgehead atoms. The van der Waals surface area contributed by atoms with Crippen molar-refractivity contribution >= 4 is 17.5 Å². The number of aromatic amines is 1. The fourth-order valence-corrected chi connectivity index (χ4v) is 2.75. The maximum Gasteiger partial charge on any atom is 0.255 e. The Hall–Kier alpha value is -3.35. The van der Waals surface area contributed by atoms with E-state index in [-0.39, 0.29) is 23.6 Å². The van der Waals surface area contributed by atoms with Gasteiger partial charge in [-0.1, -0.05) is 12.1 Å². The number of aromatic nitrogens is 2. The van der Waals surface area contributed by atoms with E-state index in [1.165, 1.54) is 12.1 Å². The summed E-state index contributed by atoms with van der Waals surface area (Å²) in [7, 11) is 1.72. The molecule has 2 aromatic heterocycles. The number of halogens is 1. The van der Waals surface area contributed by atoms with Crippen LogP contribution < -0.4 is 16.4 Å². The van der Waals surface area contributed by atoms with E-state index in [0.717, 1.165) is 11.1 Å². The third-order valence-electron chi connectivity index (χ3n) is 4.08. The first kappa shape index (κ1) is 17.5. The summed E-state index contributed by atoms with van der Waals surface area (Å²) in [6, 6.07) is 11.2. The van der Waals surface area contributed by atoms with Crippen LogP contribution in [0.4, 0.5) is 16.0 Å². The average Bonchev–Trinajstić information content (AvgIpc) is 3.15. The number of hydrogen-bond acceptors (Lipinski definition) is 4. The number of carbonyl (C=O) groups is 1. The molecule has 1 aromatic carbocycles. The number of nitrogens with zero attached hydrogens (tertiary/aromatic N) is 1. The Labute approximate surface area is 150 Å². The van der Waals surface area contributed by atoms with Crippen molar-refractivity contribution in [1.82, 2.24) is 15.3 Å². The molecule has 0 saturated carbocycles. The number of rotatable bonds is 6. The topological polar surface area (TPSA) is 95.8 Å². The van der Waals surface area contributed by atoms with Gasteiger partial charge in [-0.05, 0) is 47.9 Å². The van der Waals surface area contributed by atoms with Gasteiger partial charge in [-0.3, -0.25) is 4.79 Å². The van der Waals surface area contributed by atoms with Crippen LogP contribution in [-0.2, 0) is 6.42 Å². The van der Waals surface area contributed by atoms with Gasteiger partial charge in [-0.2, -0.15) is 0 Å². The van der Waals surface area contributed by atoms with Gasteiger partial charge in [0.05, 0.1) is 11.6 Å². The highest BCUT2D eigenvalue weighted by atomic mass is 19.1. The van der Waals surface area contributed by atoms with E-state index >= 15 is 0 Å². The lowest BCUT2D eigenvalue weighted by Crippen LogP contribution is -2.30. The summed E-state index contributed by atoms with van der Waals surface area (Å²) >= 11 is 0. The number of anilines is 2. The molecule has 1 unspecified atom stereocenters. The van der Waals surface area contributed by atoms with Crippen LogP contribution >= 0.6 is 0 Å². The van der Waals surface area contributed by atoms with Crippen LogP contribution in [0.5, 0.6) is 0 Å². The summed E-state index contributed by atoms with van der Waals surface area (Å²) in [5.74, 6) is 0.0897. The normalized spacial score (nSPS) is 11.8. The predicted octanol–water partition coefficient (Wildman–Crippen LogP) is 2.89. The highest BCUT2D eigenvalue weighted by molar-refractivity contribution is 5.98. The molecule has 6 nitrogen and oxygen atoms in total. The van der Waals surface area contributed by atoms with Gasteiger partial charge < -0.3 is 21.4 Å². The minimum atomic E-state index is -0.334. The van der Waals surface area contributed by atoms with Crippen LogP contribution in [-0.4, -0.2) is 22.9 Å². The van der Waals surface area contributed by atoms with Gasteiger partial charge in [-0.25, -0.2) is 9.37 Å². The minimum Gasteiger partial charge on any atom is -0.383 e. The minimum absolute atomic E-state index is 0.146. The Morgan fingerprint density at radius 3 is 2.81 bits per heavy atom. The monoisotopic (exact) mass is 353 g/mol. The van der Waals surface area contributed by atoms with Crippen LogP contribution in [0.15, 0.2) is 54.9 Å². The first-order valence-corrected chi connectivity index (χ1v) is 8.19. The first-order valence-electron chi connectivity index (χ1n) is 8.19. The molecule has 0 saturated heterocycles. The molecule has 0 radical (unpaired) electrons. The molecule has 5 N–H and O–H groups in total. The summed E-state index contributed by atoms with van der Waals surface area (Å²) < 4.78 is 13.5. The van der Waals surface area contributed by atoms with Gasteiger partial charge in [0.1, 0.15) is 17.5 Å². The summed E-state index contributed by atoms with van der Waals surface area (Å²) in [5.41, 5.74) is 7.87. The van der Waals surface area contributed by atoms with Gasteiger partial charge in [0.15, 0.2) is 0 Å².